The first-order valence-corrected chi connectivity index (χ1v) is 18.4. The molecule has 13 nitrogen and oxygen atoms in total. The highest BCUT2D eigenvalue weighted by Crippen LogP contribution is 2.30. The zero-order valence-electron chi connectivity index (χ0n) is 33.3. The summed E-state index contributed by atoms with van der Waals surface area (Å²) in [6, 6.07) is 22.5. The molecule has 300 valence electrons. The lowest BCUT2D eigenvalue weighted by molar-refractivity contribution is -0.295. The van der Waals surface area contributed by atoms with E-state index in [9.17, 15) is 14.4 Å². The smallest absolute Gasteiger partial charge is 0.412 e. The van der Waals surface area contributed by atoms with Crippen LogP contribution in [0, 0.1) is 0 Å². The van der Waals surface area contributed by atoms with Gasteiger partial charge >= 0.3 is 12.1 Å². The van der Waals surface area contributed by atoms with Crippen molar-refractivity contribution in [1.29, 1.82) is 0 Å². The Morgan fingerprint density at radius 2 is 1.45 bits per heavy atom. The fraction of sp³-hybridized carbons (Fsp3) is 0.500. The molecule has 2 N–H and O–H groups in total. The second kappa shape index (κ2) is 19.9. The average molecular weight is 765 g/mol. The second-order valence-corrected chi connectivity index (χ2v) is 15.4. The highest BCUT2D eigenvalue weighted by molar-refractivity contribution is 5.96. The van der Waals surface area contributed by atoms with Gasteiger partial charge in [0, 0.05) is 11.3 Å². The minimum atomic E-state index is -1.05. The van der Waals surface area contributed by atoms with Crippen molar-refractivity contribution in [3.05, 3.63) is 95.6 Å². The van der Waals surface area contributed by atoms with E-state index in [2.05, 4.69) is 10.6 Å². The minimum absolute atomic E-state index is 0.0643. The topological polar surface area (TPSA) is 149 Å². The Bertz CT molecular complexity index is 1670. The Balaban J connectivity index is 1.66. The largest absolute Gasteiger partial charge is 0.497 e. The second-order valence-electron chi connectivity index (χ2n) is 15.4. The molecule has 4 rings (SSSR count). The first-order valence-electron chi connectivity index (χ1n) is 18.4. The number of benzene rings is 3. The third kappa shape index (κ3) is 14.6. The number of methoxy groups -OCH3 is 1. The molecular formula is C42H56N2O11. The molecular weight excluding hydrogens is 708 g/mol. The van der Waals surface area contributed by atoms with Gasteiger partial charge in [0.15, 0.2) is 6.29 Å². The normalized spacial score (nSPS) is 20.1. The minimum Gasteiger partial charge on any atom is -0.497 e. The molecule has 0 bridgehead atoms. The number of nitrogens with one attached hydrogen (secondary N) is 2. The molecule has 0 radical (unpaired) electrons. The lowest BCUT2D eigenvalue weighted by Gasteiger charge is -2.46. The Morgan fingerprint density at radius 1 is 0.782 bits per heavy atom. The number of hydrogen-bond acceptors (Lipinski definition) is 11. The van der Waals surface area contributed by atoms with Crippen LogP contribution in [0.15, 0.2) is 78.9 Å². The van der Waals surface area contributed by atoms with E-state index < -0.39 is 66.4 Å². The molecule has 3 aromatic rings. The van der Waals surface area contributed by atoms with Gasteiger partial charge in [0.1, 0.15) is 47.9 Å². The molecule has 5 atom stereocenters. The van der Waals surface area contributed by atoms with Crippen molar-refractivity contribution in [2.24, 2.45) is 0 Å². The summed E-state index contributed by atoms with van der Waals surface area (Å²) in [5.41, 5.74) is 0.924. The van der Waals surface area contributed by atoms with Gasteiger partial charge in [0.25, 0.3) is 5.91 Å². The predicted molar refractivity (Wildman–Crippen MR) is 206 cm³/mol. The lowest BCUT2D eigenvalue weighted by Crippen LogP contribution is -2.66. The van der Waals surface area contributed by atoms with E-state index in [4.69, 9.17) is 37.9 Å². The standard InChI is InChI=1S/C42H56N2O11/c1-27(2)52-39-35(44-38(46)30-16-13-17-31(22-30)43-40(47)55-42(6,7)8)37(51-26-34(45)54-41(3,4)5)36(50-24-28-14-11-10-12-15-28)33(53-39)25-49-23-29-18-20-32(48-9)21-19-29/h10-22,27,33,35-37,39H,23-26H2,1-9H3,(H,43,47)(H,44,46)/t33?,35?,36-,37+,39+/m0/s1. The monoisotopic (exact) mass is 764 g/mol. The molecule has 1 heterocycles. The number of rotatable bonds is 16. The molecule has 55 heavy (non-hydrogen) atoms. The van der Waals surface area contributed by atoms with Crippen LogP contribution >= 0.6 is 0 Å². The van der Waals surface area contributed by atoms with Crippen LogP contribution in [0.25, 0.3) is 0 Å². The zero-order valence-corrected chi connectivity index (χ0v) is 33.3. The van der Waals surface area contributed by atoms with Crippen LogP contribution in [0.1, 0.15) is 76.9 Å². The Kier molecular flexibility index (Phi) is 15.6. The van der Waals surface area contributed by atoms with Crippen LogP contribution < -0.4 is 15.4 Å². The Morgan fingerprint density at radius 3 is 2.09 bits per heavy atom. The van der Waals surface area contributed by atoms with Crippen LogP contribution in [-0.4, -0.2) is 86.2 Å². The molecule has 1 saturated heterocycles. The molecule has 2 amide bonds. The average Bonchev–Trinajstić information content (AvgIpc) is 3.10. The maximum absolute atomic E-state index is 14.0. The van der Waals surface area contributed by atoms with E-state index in [-0.39, 0.29) is 31.5 Å². The van der Waals surface area contributed by atoms with Crippen molar-refractivity contribution in [1.82, 2.24) is 5.32 Å². The van der Waals surface area contributed by atoms with Crippen LogP contribution in [0.5, 0.6) is 5.75 Å². The van der Waals surface area contributed by atoms with E-state index in [1.165, 1.54) is 6.07 Å². The molecule has 1 aliphatic rings. The first-order chi connectivity index (χ1) is 26.0. The highest BCUT2D eigenvalue weighted by Gasteiger charge is 2.49. The summed E-state index contributed by atoms with van der Waals surface area (Å²) in [7, 11) is 1.61. The van der Waals surface area contributed by atoms with Crippen LogP contribution in [-0.2, 0) is 51.2 Å². The van der Waals surface area contributed by atoms with Gasteiger partial charge in [-0.05, 0) is 96.8 Å². The van der Waals surface area contributed by atoms with Crippen molar-refractivity contribution in [3.8, 4) is 5.75 Å². The molecule has 0 spiro atoms. The van der Waals surface area contributed by atoms with E-state index in [0.29, 0.717) is 5.69 Å². The van der Waals surface area contributed by atoms with Gasteiger partial charge < -0.3 is 43.2 Å². The van der Waals surface area contributed by atoms with E-state index in [1.807, 2.05) is 68.4 Å². The SMILES string of the molecule is COc1ccc(COCC2O[C@@H](OC(C)C)C(NC(=O)c3cccc(NC(=O)OC(C)(C)C)c3)[C@@H](OCC(=O)OC(C)(C)C)[C@H]2OCc2ccccc2)cc1. The third-order valence-electron chi connectivity index (χ3n) is 7.93. The predicted octanol–water partition coefficient (Wildman–Crippen LogP) is 6.82. The summed E-state index contributed by atoms with van der Waals surface area (Å²) in [5.74, 6) is -0.382. The summed E-state index contributed by atoms with van der Waals surface area (Å²) in [5, 5.41) is 5.70. The summed E-state index contributed by atoms with van der Waals surface area (Å²) < 4.78 is 48.2. The number of anilines is 1. The molecule has 0 aliphatic carbocycles. The molecule has 0 aromatic heterocycles. The van der Waals surface area contributed by atoms with Crippen LogP contribution in [0.4, 0.5) is 10.5 Å². The summed E-state index contributed by atoms with van der Waals surface area (Å²) in [4.78, 5) is 39.6. The van der Waals surface area contributed by atoms with Gasteiger partial charge in [-0.3, -0.25) is 10.1 Å². The highest BCUT2D eigenvalue weighted by atomic mass is 16.7. The summed E-state index contributed by atoms with van der Waals surface area (Å²) in [6.07, 6.45) is -4.66. The fourth-order valence-corrected chi connectivity index (χ4v) is 5.69. The molecule has 1 aliphatic heterocycles. The van der Waals surface area contributed by atoms with Gasteiger partial charge in [-0.25, -0.2) is 9.59 Å². The van der Waals surface area contributed by atoms with Crippen LogP contribution in [0.2, 0.25) is 0 Å². The van der Waals surface area contributed by atoms with Crippen molar-refractivity contribution in [2.45, 2.75) is 117 Å². The maximum Gasteiger partial charge on any atom is 0.412 e. The number of carbonyl (C=O) groups is 3. The summed E-state index contributed by atoms with van der Waals surface area (Å²) in [6.45, 7) is 14.3. The first kappa shape index (κ1) is 43.2. The van der Waals surface area contributed by atoms with Gasteiger partial charge in [0.2, 0.25) is 0 Å². The van der Waals surface area contributed by atoms with Gasteiger partial charge in [-0.15, -0.1) is 0 Å². The maximum atomic E-state index is 14.0. The molecule has 1 fully saturated rings. The molecule has 0 saturated carbocycles. The third-order valence-corrected chi connectivity index (χ3v) is 7.93. The molecule has 2 unspecified atom stereocenters. The molecule has 13 heteroatoms. The van der Waals surface area contributed by atoms with Crippen LogP contribution in [0.3, 0.4) is 0 Å². The van der Waals surface area contributed by atoms with Gasteiger partial charge in [0.05, 0.1) is 33.0 Å². The van der Waals surface area contributed by atoms with E-state index >= 15 is 0 Å². The number of esters is 1. The zero-order chi connectivity index (χ0) is 40.2. The summed E-state index contributed by atoms with van der Waals surface area (Å²) >= 11 is 0. The molecule has 3 aromatic carbocycles. The number of carbonyl (C=O) groups excluding carboxylic acids is 3. The van der Waals surface area contributed by atoms with E-state index in [0.717, 1.165) is 16.9 Å². The number of amides is 2. The van der Waals surface area contributed by atoms with Crippen molar-refractivity contribution < 1.29 is 52.3 Å². The van der Waals surface area contributed by atoms with Crippen molar-refractivity contribution in [3.63, 3.8) is 0 Å². The number of ether oxygens (including phenoxy) is 8. The van der Waals surface area contributed by atoms with E-state index in [1.54, 1.807) is 66.9 Å². The Labute approximate surface area is 324 Å². The van der Waals surface area contributed by atoms with Gasteiger partial charge in [-0.1, -0.05) is 48.5 Å². The lowest BCUT2D eigenvalue weighted by atomic mass is 9.95. The fourth-order valence-electron chi connectivity index (χ4n) is 5.69. The number of hydrogen-bond donors (Lipinski definition) is 2. The van der Waals surface area contributed by atoms with Crippen molar-refractivity contribution >= 4 is 23.7 Å². The Hall–Kier alpha value is -4.53. The van der Waals surface area contributed by atoms with Gasteiger partial charge in [-0.2, -0.15) is 0 Å². The van der Waals surface area contributed by atoms with Crippen molar-refractivity contribution in [2.75, 3.05) is 25.6 Å². The quantitative estimate of drug-likeness (QED) is 0.148.